The molecule has 40 heavy (non-hydrogen) atoms. The van der Waals surface area contributed by atoms with Crippen molar-refractivity contribution in [3.63, 3.8) is 0 Å². The van der Waals surface area contributed by atoms with Crippen molar-refractivity contribution in [1.82, 2.24) is 14.9 Å². The predicted octanol–water partition coefficient (Wildman–Crippen LogP) is 6.44. The van der Waals surface area contributed by atoms with Crippen LogP contribution in [0.15, 0.2) is 67.0 Å². The second kappa shape index (κ2) is 11.9. The summed E-state index contributed by atoms with van der Waals surface area (Å²) >= 11 is 6.03. The molecule has 2 heterocycles. The molecule has 0 radical (unpaired) electrons. The first-order valence-electron chi connectivity index (χ1n) is 12.8. The second-order valence-electron chi connectivity index (χ2n) is 9.47. The zero-order chi connectivity index (χ0) is 28.2. The van der Waals surface area contributed by atoms with Crippen molar-refractivity contribution >= 4 is 45.6 Å². The van der Waals surface area contributed by atoms with Crippen LogP contribution in [0.2, 0.25) is 5.02 Å². The minimum atomic E-state index is -0.521. The fourth-order valence-electron chi connectivity index (χ4n) is 4.91. The Hall–Kier alpha value is -4.21. The number of benzene rings is 3. The third-order valence-corrected chi connectivity index (χ3v) is 7.25. The maximum atomic E-state index is 13.8. The smallest absolute Gasteiger partial charge is 0.248 e. The zero-order valence-corrected chi connectivity index (χ0v) is 23.1. The fraction of sp³-hybridized carbons (Fsp3) is 0.233. The van der Waals surface area contributed by atoms with Crippen molar-refractivity contribution in [1.29, 1.82) is 0 Å². The van der Waals surface area contributed by atoms with Crippen LogP contribution in [0.5, 0.6) is 11.5 Å². The number of likely N-dealkylation sites (tertiary alicyclic amines) is 1. The molecule has 1 fully saturated rings. The van der Waals surface area contributed by atoms with Crippen LogP contribution in [-0.4, -0.2) is 54.6 Å². The Balaban J connectivity index is 1.63. The van der Waals surface area contributed by atoms with E-state index in [0.29, 0.717) is 45.2 Å². The molecule has 1 atom stereocenters. The van der Waals surface area contributed by atoms with E-state index in [-0.39, 0.29) is 17.0 Å². The number of hydrogen-bond acceptors (Lipinski definition) is 7. The van der Waals surface area contributed by atoms with E-state index in [0.717, 1.165) is 24.9 Å². The van der Waals surface area contributed by atoms with Gasteiger partial charge in [-0.25, -0.2) is 14.4 Å². The van der Waals surface area contributed by atoms with E-state index >= 15 is 0 Å². The minimum absolute atomic E-state index is 0.0175. The fourth-order valence-corrected chi connectivity index (χ4v) is 5.09. The molecule has 3 aromatic carbocycles. The molecule has 4 aromatic rings. The first-order chi connectivity index (χ1) is 19.4. The number of halogens is 2. The van der Waals surface area contributed by atoms with Crippen molar-refractivity contribution in [3.05, 3.63) is 77.9 Å². The van der Waals surface area contributed by atoms with Crippen LogP contribution < -0.4 is 20.1 Å². The molecule has 0 aliphatic carbocycles. The number of nitrogens with one attached hydrogen (secondary N) is 2. The standard InChI is InChI=1S/C30H29ClFN5O3/c1-37-14-4-5-20(37)8-13-27(38)36-24-11-10-23-29(28(24)18-6-12-25(39-2)26(15-18)40-3)30(34-17-33-23)35-19-7-9-22(32)21(31)16-19/h6-13,15-17,20H,4-5,14H2,1-3H3,(H,36,38)(H,33,34,35)/b13-8+. The molecule has 0 spiro atoms. The summed E-state index contributed by atoms with van der Waals surface area (Å²) in [6.45, 7) is 1.01. The van der Waals surface area contributed by atoms with Crippen molar-refractivity contribution in [2.45, 2.75) is 18.9 Å². The number of rotatable bonds is 8. The van der Waals surface area contributed by atoms with E-state index in [4.69, 9.17) is 21.1 Å². The number of amides is 1. The number of anilines is 3. The average Bonchev–Trinajstić information content (AvgIpc) is 3.38. The molecule has 206 valence electrons. The van der Waals surface area contributed by atoms with E-state index in [1.54, 1.807) is 32.4 Å². The van der Waals surface area contributed by atoms with Crippen molar-refractivity contribution < 1.29 is 18.7 Å². The van der Waals surface area contributed by atoms with Gasteiger partial charge in [-0.1, -0.05) is 23.7 Å². The van der Waals surface area contributed by atoms with Gasteiger partial charge in [0.2, 0.25) is 5.91 Å². The summed E-state index contributed by atoms with van der Waals surface area (Å²) in [6, 6.07) is 13.7. The third-order valence-electron chi connectivity index (χ3n) is 6.96. The van der Waals surface area contributed by atoms with Crippen LogP contribution in [0.1, 0.15) is 12.8 Å². The predicted molar refractivity (Wildman–Crippen MR) is 156 cm³/mol. The van der Waals surface area contributed by atoms with Crippen LogP contribution in [-0.2, 0) is 4.79 Å². The first kappa shape index (κ1) is 27.4. The third kappa shape index (κ3) is 5.71. The van der Waals surface area contributed by atoms with Crippen LogP contribution >= 0.6 is 11.6 Å². The zero-order valence-electron chi connectivity index (χ0n) is 22.4. The Labute approximate surface area is 236 Å². The molecule has 1 unspecified atom stereocenters. The lowest BCUT2D eigenvalue weighted by Crippen LogP contribution is -2.23. The molecule has 1 aliphatic heterocycles. The molecular weight excluding hydrogens is 533 g/mol. The lowest BCUT2D eigenvalue weighted by atomic mass is 9.97. The first-order valence-corrected chi connectivity index (χ1v) is 13.2. The van der Waals surface area contributed by atoms with Gasteiger partial charge in [0.05, 0.1) is 30.1 Å². The number of carbonyl (C=O) groups is 1. The Morgan fingerprint density at radius 1 is 1.10 bits per heavy atom. The number of aromatic nitrogens is 2. The van der Waals surface area contributed by atoms with E-state index < -0.39 is 5.82 Å². The average molecular weight is 562 g/mol. The van der Waals surface area contributed by atoms with E-state index in [1.165, 1.54) is 18.5 Å². The normalized spacial score (nSPS) is 15.5. The summed E-state index contributed by atoms with van der Waals surface area (Å²) < 4.78 is 24.8. The quantitative estimate of drug-likeness (QED) is 0.239. The van der Waals surface area contributed by atoms with Crippen LogP contribution in [0, 0.1) is 5.82 Å². The molecule has 1 amide bonds. The molecule has 8 nitrogen and oxygen atoms in total. The van der Waals surface area contributed by atoms with E-state index in [9.17, 15) is 9.18 Å². The highest BCUT2D eigenvalue weighted by molar-refractivity contribution is 6.31. The number of hydrogen-bond donors (Lipinski definition) is 2. The van der Waals surface area contributed by atoms with Gasteiger partial charge in [0.15, 0.2) is 11.5 Å². The van der Waals surface area contributed by atoms with Crippen molar-refractivity contribution in [2.75, 3.05) is 38.4 Å². The van der Waals surface area contributed by atoms with Crippen molar-refractivity contribution in [3.8, 4) is 22.6 Å². The molecule has 1 aromatic heterocycles. The van der Waals surface area contributed by atoms with Crippen LogP contribution in [0.4, 0.5) is 21.6 Å². The van der Waals surface area contributed by atoms with Gasteiger partial charge in [0.25, 0.3) is 0 Å². The summed E-state index contributed by atoms with van der Waals surface area (Å²) in [5.41, 5.74) is 3.16. The molecule has 0 bridgehead atoms. The Bertz CT molecular complexity index is 1600. The molecule has 1 aliphatic rings. The van der Waals surface area contributed by atoms with Gasteiger partial charge in [-0.15, -0.1) is 0 Å². The topological polar surface area (TPSA) is 88.6 Å². The lowest BCUT2D eigenvalue weighted by molar-refractivity contribution is -0.111. The van der Waals surface area contributed by atoms with Gasteiger partial charge >= 0.3 is 0 Å². The molecule has 0 saturated carbocycles. The number of nitrogens with zero attached hydrogens (tertiary/aromatic N) is 3. The van der Waals surface area contributed by atoms with Crippen molar-refractivity contribution in [2.24, 2.45) is 0 Å². The number of carbonyl (C=O) groups excluding carboxylic acids is 1. The largest absolute Gasteiger partial charge is 0.493 e. The van der Waals surface area contributed by atoms with Gasteiger partial charge in [0.1, 0.15) is 18.0 Å². The van der Waals surface area contributed by atoms with Gasteiger partial charge < -0.3 is 20.1 Å². The van der Waals surface area contributed by atoms with E-state index in [1.807, 2.05) is 30.3 Å². The monoisotopic (exact) mass is 561 g/mol. The number of likely N-dealkylation sites (N-methyl/N-ethyl adjacent to an activating group) is 1. The summed E-state index contributed by atoms with van der Waals surface area (Å²) in [6.07, 6.45) is 7.08. The number of ether oxygens (including phenoxy) is 2. The molecule has 1 saturated heterocycles. The summed E-state index contributed by atoms with van der Waals surface area (Å²) in [4.78, 5) is 24.3. The lowest BCUT2D eigenvalue weighted by Gasteiger charge is -2.18. The maximum absolute atomic E-state index is 13.8. The Kier molecular flexibility index (Phi) is 8.14. The van der Waals surface area contributed by atoms with Gasteiger partial charge in [-0.2, -0.15) is 0 Å². The molecule has 10 heteroatoms. The maximum Gasteiger partial charge on any atom is 0.248 e. The van der Waals surface area contributed by atoms with Gasteiger partial charge in [-0.3, -0.25) is 9.69 Å². The highest BCUT2D eigenvalue weighted by Gasteiger charge is 2.20. The summed E-state index contributed by atoms with van der Waals surface area (Å²) in [5, 5.41) is 6.91. The highest BCUT2D eigenvalue weighted by Crippen LogP contribution is 2.42. The molecule has 2 N–H and O–H groups in total. The molecule has 5 rings (SSSR count). The van der Waals surface area contributed by atoms with Gasteiger partial charge in [0, 0.05) is 29.1 Å². The van der Waals surface area contributed by atoms with Gasteiger partial charge in [-0.05, 0) is 74.5 Å². The van der Waals surface area contributed by atoms with E-state index in [2.05, 4.69) is 32.5 Å². The van der Waals surface area contributed by atoms with Crippen LogP contribution in [0.25, 0.3) is 22.0 Å². The second-order valence-corrected chi connectivity index (χ2v) is 9.87. The molecular formula is C30H29ClFN5O3. The number of fused-ring (bicyclic) bond motifs is 1. The summed E-state index contributed by atoms with van der Waals surface area (Å²) in [5.74, 6) is 0.772. The highest BCUT2D eigenvalue weighted by atomic mass is 35.5. The van der Waals surface area contributed by atoms with Crippen LogP contribution in [0.3, 0.4) is 0 Å². The summed E-state index contributed by atoms with van der Waals surface area (Å²) in [7, 11) is 5.19. The minimum Gasteiger partial charge on any atom is -0.493 e. The SMILES string of the molecule is COc1ccc(-c2c(NC(=O)/C=C/C3CCCN3C)ccc3ncnc(Nc4ccc(F)c(Cl)c4)c23)cc1OC. The number of methoxy groups -OCH3 is 2. The Morgan fingerprint density at radius 3 is 2.65 bits per heavy atom. The Morgan fingerprint density at radius 2 is 1.93 bits per heavy atom.